The number of hydrogen-bond donors (Lipinski definition) is 1. The number of rotatable bonds is 2. The molecule has 1 aromatic carbocycles. The SMILES string of the molecule is Cc1cccc(C(=O)N2CCCC2C2CCCN2)c1. The first-order valence-electron chi connectivity index (χ1n) is 7.37. The summed E-state index contributed by atoms with van der Waals surface area (Å²) in [7, 11) is 0. The van der Waals surface area contributed by atoms with Crippen LogP contribution in [-0.4, -0.2) is 36.0 Å². The fourth-order valence-electron chi connectivity index (χ4n) is 3.45. The number of nitrogens with zero attached hydrogens (tertiary/aromatic N) is 1. The standard InChI is InChI=1S/C16H22N2O/c1-12-5-2-6-13(11-12)16(19)18-10-4-8-15(18)14-7-3-9-17-14/h2,5-6,11,14-15,17H,3-4,7-10H2,1H3. The number of likely N-dealkylation sites (tertiary alicyclic amines) is 1. The molecular weight excluding hydrogens is 236 g/mol. The van der Waals surface area contributed by atoms with Crippen molar-refractivity contribution in [2.24, 2.45) is 0 Å². The molecule has 102 valence electrons. The van der Waals surface area contributed by atoms with Crippen LogP contribution < -0.4 is 5.32 Å². The average molecular weight is 258 g/mol. The molecule has 2 unspecified atom stereocenters. The summed E-state index contributed by atoms with van der Waals surface area (Å²) in [6, 6.07) is 8.86. The maximum atomic E-state index is 12.7. The predicted octanol–water partition coefficient (Wildman–Crippen LogP) is 2.35. The van der Waals surface area contributed by atoms with Gasteiger partial charge in [-0.15, -0.1) is 0 Å². The predicted molar refractivity (Wildman–Crippen MR) is 76.3 cm³/mol. The quantitative estimate of drug-likeness (QED) is 0.883. The lowest BCUT2D eigenvalue weighted by Gasteiger charge is -2.29. The summed E-state index contributed by atoms with van der Waals surface area (Å²) in [5.74, 6) is 0.208. The summed E-state index contributed by atoms with van der Waals surface area (Å²) in [5.41, 5.74) is 1.99. The van der Waals surface area contributed by atoms with Crippen molar-refractivity contribution in [3.05, 3.63) is 35.4 Å². The highest BCUT2D eigenvalue weighted by molar-refractivity contribution is 5.94. The van der Waals surface area contributed by atoms with E-state index in [0.717, 1.165) is 37.1 Å². The first-order chi connectivity index (χ1) is 9.25. The Bertz CT molecular complexity index is 466. The number of hydrogen-bond acceptors (Lipinski definition) is 2. The molecule has 1 aromatic rings. The summed E-state index contributed by atoms with van der Waals surface area (Å²) in [4.78, 5) is 14.8. The lowest BCUT2D eigenvalue weighted by molar-refractivity contribution is 0.0711. The van der Waals surface area contributed by atoms with Gasteiger partial charge in [-0.25, -0.2) is 0 Å². The highest BCUT2D eigenvalue weighted by atomic mass is 16.2. The fourth-order valence-corrected chi connectivity index (χ4v) is 3.45. The zero-order chi connectivity index (χ0) is 13.2. The Balaban J connectivity index is 1.78. The van der Waals surface area contributed by atoms with E-state index in [-0.39, 0.29) is 5.91 Å². The first-order valence-corrected chi connectivity index (χ1v) is 7.37. The summed E-state index contributed by atoms with van der Waals surface area (Å²) in [6.45, 7) is 4.06. The van der Waals surface area contributed by atoms with Gasteiger partial charge in [0.1, 0.15) is 0 Å². The Hall–Kier alpha value is -1.35. The van der Waals surface area contributed by atoms with Crippen molar-refractivity contribution in [1.29, 1.82) is 0 Å². The van der Waals surface area contributed by atoms with Crippen molar-refractivity contribution in [2.75, 3.05) is 13.1 Å². The van der Waals surface area contributed by atoms with E-state index in [9.17, 15) is 4.79 Å². The third kappa shape index (κ3) is 2.52. The molecule has 3 heteroatoms. The van der Waals surface area contributed by atoms with Crippen LogP contribution in [0.2, 0.25) is 0 Å². The molecule has 2 atom stereocenters. The molecule has 19 heavy (non-hydrogen) atoms. The van der Waals surface area contributed by atoms with Gasteiger partial charge in [-0.2, -0.15) is 0 Å². The highest BCUT2D eigenvalue weighted by Crippen LogP contribution is 2.26. The Morgan fingerprint density at radius 2 is 2.21 bits per heavy atom. The molecule has 2 heterocycles. The van der Waals surface area contributed by atoms with Crippen molar-refractivity contribution in [1.82, 2.24) is 10.2 Å². The van der Waals surface area contributed by atoms with Gasteiger partial charge in [0.2, 0.25) is 0 Å². The second-order valence-electron chi connectivity index (χ2n) is 5.78. The van der Waals surface area contributed by atoms with Gasteiger partial charge in [-0.3, -0.25) is 4.79 Å². The second-order valence-corrected chi connectivity index (χ2v) is 5.78. The summed E-state index contributed by atoms with van der Waals surface area (Å²) < 4.78 is 0. The van der Waals surface area contributed by atoms with Crippen LogP contribution >= 0.6 is 0 Å². The third-order valence-corrected chi connectivity index (χ3v) is 4.39. The van der Waals surface area contributed by atoms with Crippen LogP contribution in [0, 0.1) is 6.92 Å². The van der Waals surface area contributed by atoms with E-state index in [1.54, 1.807) is 0 Å². The summed E-state index contributed by atoms with van der Waals surface area (Å²) >= 11 is 0. The van der Waals surface area contributed by atoms with Crippen LogP contribution in [0.5, 0.6) is 0 Å². The van der Waals surface area contributed by atoms with Crippen molar-refractivity contribution < 1.29 is 4.79 Å². The number of amides is 1. The molecule has 1 N–H and O–H groups in total. The van der Waals surface area contributed by atoms with Gasteiger partial charge in [0, 0.05) is 24.2 Å². The lowest BCUT2D eigenvalue weighted by atomic mass is 10.0. The Kier molecular flexibility index (Phi) is 3.56. The van der Waals surface area contributed by atoms with E-state index in [1.807, 2.05) is 31.2 Å². The smallest absolute Gasteiger partial charge is 0.254 e. The van der Waals surface area contributed by atoms with E-state index in [1.165, 1.54) is 12.8 Å². The first kappa shape index (κ1) is 12.7. The largest absolute Gasteiger partial charge is 0.334 e. The minimum Gasteiger partial charge on any atom is -0.334 e. The molecule has 3 rings (SSSR count). The number of benzene rings is 1. The van der Waals surface area contributed by atoms with Crippen molar-refractivity contribution >= 4 is 5.91 Å². The van der Waals surface area contributed by atoms with Gasteiger partial charge in [-0.1, -0.05) is 17.7 Å². The van der Waals surface area contributed by atoms with Crippen molar-refractivity contribution in [3.63, 3.8) is 0 Å². The van der Waals surface area contributed by atoms with E-state index in [0.29, 0.717) is 12.1 Å². The fraction of sp³-hybridized carbons (Fsp3) is 0.562. The van der Waals surface area contributed by atoms with E-state index >= 15 is 0 Å². The van der Waals surface area contributed by atoms with E-state index in [4.69, 9.17) is 0 Å². The molecule has 0 aromatic heterocycles. The van der Waals surface area contributed by atoms with Crippen LogP contribution in [0.4, 0.5) is 0 Å². The lowest BCUT2D eigenvalue weighted by Crippen LogP contribution is -2.46. The molecular formula is C16H22N2O. The molecule has 0 bridgehead atoms. The molecule has 2 aliphatic heterocycles. The van der Waals surface area contributed by atoms with Gasteiger partial charge in [0.25, 0.3) is 5.91 Å². The summed E-state index contributed by atoms with van der Waals surface area (Å²) in [6.07, 6.45) is 4.74. The molecule has 0 spiro atoms. The van der Waals surface area contributed by atoms with Crippen LogP contribution in [0.15, 0.2) is 24.3 Å². The second kappa shape index (κ2) is 5.33. The van der Waals surface area contributed by atoms with Gasteiger partial charge in [-0.05, 0) is 51.3 Å². The Labute approximate surface area is 115 Å². The molecule has 0 aliphatic carbocycles. The summed E-state index contributed by atoms with van der Waals surface area (Å²) in [5, 5.41) is 3.55. The van der Waals surface area contributed by atoms with Gasteiger partial charge in [0.15, 0.2) is 0 Å². The third-order valence-electron chi connectivity index (χ3n) is 4.39. The molecule has 3 nitrogen and oxygen atoms in total. The maximum absolute atomic E-state index is 12.7. The van der Waals surface area contributed by atoms with Crippen LogP contribution in [0.25, 0.3) is 0 Å². The van der Waals surface area contributed by atoms with Crippen molar-refractivity contribution in [3.8, 4) is 0 Å². The number of aryl methyl sites for hydroxylation is 1. The van der Waals surface area contributed by atoms with Gasteiger partial charge >= 0.3 is 0 Å². The van der Waals surface area contributed by atoms with Crippen LogP contribution in [0.3, 0.4) is 0 Å². The van der Waals surface area contributed by atoms with E-state index < -0.39 is 0 Å². The van der Waals surface area contributed by atoms with Crippen LogP contribution in [-0.2, 0) is 0 Å². The monoisotopic (exact) mass is 258 g/mol. The van der Waals surface area contributed by atoms with E-state index in [2.05, 4.69) is 10.2 Å². The zero-order valence-corrected chi connectivity index (χ0v) is 11.6. The topological polar surface area (TPSA) is 32.3 Å². The normalized spacial score (nSPS) is 26.9. The van der Waals surface area contributed by atoms with Crippen molar-refractivity contribution in [2.45, 2.75) is 44.7 Å². The molecule has 2 saturated heterocycles. The highest BCUT2D eigenvalue weighted by Gasteiger charge is 2.36. The minimum absolute atomic E-state index is 0.208. The van der Waals surface area contributed by atoms with Gasteiger partial charge in [0.05, 0.1) is 0 Å². The molecule has 1 amide bonds. The molecule has 0 saturated carbocycles. The Morgan fingerprint density at radius 1 is 1.32 bits per heavy atom. The molecule has 0 radical (unpaired) electrons. The molecule has 2 aliphatic rings. The van der Waals surface area contributed by atoms with Crippen LogP contribution in [0.1, 0.15) is 41.6 Å². The minimum atomic E-state index is 0.208. The Morgan fingerprint density at radius 3 is 2.95 bits per heavy atom. The maximum Gasteiger partial charge on any atom is 0.254 e. The number of carbonyl (C=O) groups excluding carboxylic acids is 1. The number of carbonyl (C=O) groups is 1. The average Bonchev–Trinajstić information content (AvgIpc) is 3.08. The van der Waals surface area contributed by atoms with Gasteiger partial charge < -0.3 is 10.2 Å². The molecule has 2 fully saturated rings. The zero-order valence-electron chi connectivity index (χ0n) is 11.6. The number of nitrogens with one attached hydrogen (secondary N) is 1.